The van der Waals surface area contributed by atoms with E-state index in [2.05, 4.69) is 4.90 Å². The average Bonchev–Trinajstić information content (AvgIpc) is 3.43. The average molecular weight is 613 g/mol. The summed E-state index contributed by atoms with van der Waals surface area (Å²) in [6.07, 6.45) is 2.43. The van der Waals surface area contributed by atoms with E-state index in [-0.39, 0.29) is 23.2 Å². The van der Waals surface area contributed by atoms with Crippen LogP contribution in [0.25, 0.3) is 10.2 Å². The summed E-state index contributed by atoms with van der Waals surface area (Å²) in [6, 6.07) is 21.8. The third-order valence-electron chi connectivity index (χ3n) is 7.48. The number of amides is 1. The van der Waals surface area contributed by atoms with Crippen molar-refractivity contribution in [2.24, 2.45) is 0 Å². The number of nitrogens with zero attached hydrogens (tertiary/aromatic N) is 4. The van der Waals surface area contributed by atoms with Gasteiger partial charge < -0.3 is 4.74 Å². The Kier molecular flexibility index (Phi) is 9.25. The van der Waals surface area contributed by atoms with Gasteiger partial charge in [-0.25, -0.2) is 13.4 Å². The van der Waals surface area contributed by atoms with Gasteiger partial charge in [0, 0.05) is 38.3 Å². The molecular formula is C30H33ClN4O4S2. The van der Waals surface area contributed by atoms with Crippen molar-refractivity contribution in [3.8, 4) is 0 Å². The number of anilines is 2. The van der Waals surface area contributed by atoms with E-state index < -0.39 is 10.0 Å². The van der Waals surface area contributed by atoms with E-state index in [1.165, 1.54) is 15.6 Å². The summed E-state index contributed by atoms with van der Waals surface area (Å²) in [5.41, 5.74) is 3.06. The number of hydrogen-bond donors (Lipinski definition) is 0. The van der Waals surface area contributed by atoms with Crippen LogP contribution >= 0.6 is 23.7 Å². The maximum Gasteiger partial charge on any atom is 0.264 e. The van der Waals surface area contributed by atoms with Gasteiger partial charge in [-0.15, -0.1) is 12.4 Å². The number of ether oxygens (including phenoxy) is 1. The second-order valence-electron chi connectivity index (χ2n) is 10.1. The molecule has 216 valence electrons. The van der Waals surface area contributed by atoms with E-state index in [0.29, 0.717) is 23.8 Å². The lowest BCUT2D eigenvalue weighted by Gasteiger charge is -2.30. The number of rotatable bonds is 8. The Morgan fingerprint density at radius 3 is 2.46 bits per heavy atom. The first-order valence-corrected chi connectivity index (χ1v) is 15.9. The molecule has 0 N–H and O–H groups in total. The first kappa shape index (κ1) is 29.5. The molecule has 4 aromatic rings. The summed E-state index contributed by atoms with van der Waals surface area (Å²) in [5.74, 6) is -0.187. The molecule has 0 bridgehead atoms. The predicted molar refractivity (Wildman–Crippen MR) is 166 cm³/mol. The van der Waals surface area contributed by atoms with Gasteiger partial charge in [-0.1, -0.05) is 41.7 Å². The Balaban J connectivity index is 0.00000337. The molecular weight excluding hydrogens is 580 g/mol. The fourth-order valence-electron chi connectivity index (χ4n) is 5.34. The van der Waals surface area contributed by atoms with Crippen molar-refractivity contribution < 1.29 is 17.9 Å². The molecule has 0 saturated carbocycles. The molecule has 0 aliphatic carbocycles. The number of morpholine rings is 1. The maximum atomic E-state index is 13.8. The lowest BCUT2D eigenvalue weighted by molar-refractivity contribution is 0.0376. The number of fused-ring (bicyclic) bond motifs is 2. The molecule has 3 heterocycles. The van der Waals surface area contributed by atoms with Gasteiger partial charge in [0.2, 0.25) is 0 Å². The van der Waals surface area contributed by atoms with Gasteiger partial charge in [-0.2, -0.15) is 0 Å². The lowest BCUT2D eigenvalue weighted by atomic mass is 10.0. The number of aromatic nitrogens is 1. The van der Waals surface area contributed by atoms with E-state index in [9.17, 15) is 13.2 Å². The molecule has 0 spiro atoms. The zero-order valence-electron chi connectivity index (χ0n) is 22.6. The Morgan fingerprint density at radius 2 is 1.68 bits per heavy atom. The molecule has 3 aromatic carbocycles. The molecule has 2 aliphatic rings. The summed E-state index contributed by atoms with van der Waals surface area (Å²) in [4.78, 5) is 22.8. The van der Waals surface area contributed by atoms with Crippen molar-refractivity contribution in [2.75, 3.05) is 55.1 Å². The van der Waals surface area contributed by atoms with Crippen LogP contribution in [0.5, 0.6) is 0 Å². The molecule has 1 saturated heterocycles. The van der Waals surface area contributed by atoms with Crippen molar-refractivity contribution in [2.45, 2.75) is 24.2 Å². The van der Waals surface area contributed by atoms with Crippen LogP contribution in [0.15, 0.2) is 77.7 Å². The van der Waals surface area contributed by atoms with Crippen LogP contribution < -0.4 is 9.21 Å². The zero-order chi connectivity index (χ0) is 27.5. The SMILES string of the molecule is Cl.O=C(c1ccc(S(=O)(=O)N2CCCc3ccccc32)cc1)N(CCCN1CCOCC1)c1nc2ccccc2s1. The third-order valence-corrected chi connectivity index (χ3v) is 10.4. The van der Waals surface area contributed by atoms with Crippen LogP contribution in [0.2, 0.25) is 0 Å². The van der Waals surface area contributed by atoms with E-state index in [1.54, 1.807) is 29.2 Å². The Bertz CT molecular complexity index is 1570. The highest BCUT2D eigenvalue weighted by Gasteiger charge is 2.29. The molecule has 1 amide bonds. The molecule has 11 heteroatoms. The third kappa shape index (κ3) is 6.27. The largest absolute Gasteiger partial charge is 0.379 e. The topological polar surface area (TPSA) is 83.1 Å². The highest BCUT2D eigenvalue weighted by Crippen LogP contribution is 2.33. The van der Waals surface area contributed by atoms with Gasteiger partial charge in [0.1, 0.15) is 0 Å². The van der Waals surface area contributed by atoms with Crippen molar-refractivity contribution in [3.63, 3.8) is 0 Å². The predicted octanol–water partition coefficient (Wildman–Crippen LogP) is 5.23. The monoisotopic (exact) mass is 612 g/mol. The number of para-hydroxylation sites is 2. The van der Waals surface area contributed by atoms with Crippen molar-refractivity contribution in [3.05, 3.63) is 83.9 Å². The van der Waals surface area contributed by atoms with Crippen LogP contribution in [0.1, 0.15) is 28.8 Å². The number of halogens is 1. The van der Waals surface area contributed by atoms with Crippen LogP contribution in [-0.4, -0.2) is 70.1 Å². The van der Waals surface area contributed by atoms with Crippen LogP contribution in [-0.2, 0) is 21.2 Å². The number of benzene rings is 3. The Labute approximate surface area is 251 Å². The molecule has 1 fully saturated rings. The second kappa shape index (κ2) is 12.9. The van der Waals surface area contributed by atoms with Gasteiger partial charge in [-0.05, 0) is 67.3 Å². The fraction of sp³-hybridized carbons (Fsp3) is 0.333. The Morgan fingerprint density at radius 1 is 0.951 bits per heavy atom. The van der Waals surface area contributed by atoms with Crippen LogP contribution in [0.3, 0.4) is 0 Å². The molecule has 0 radical (unpaired) electrons. The lowest BCUT2D eigenvalue weighted by Crippen LogP contribution is -2.39. The summed E-state index contributed by atoms with van der Waals surface area (Å²) in [6.45, 7) is 5.08. The highest BCUT2D eigenvalue weighted by atomic mass is 35.5. The van der Waals surface area contributed by atoms with Crippen LogP contribution in [0.4, 0.5) is 10.8 Å². The molecule has 0 unspecified atom stereocenters. The summed E-state index contributed by atoms with van der Waals surface area (Å²) in [5, 5.41) is 0.648. The first-order valence-electron chi connectivity index (χ1n) is 13.7. The van der Waals surface area contributed by atoms with Gasteiger partial charge in [0.05, 0.1) is 34.0 Å². The quantitative estimate of drug-likeness (QED) is 0.271. The molecule has 2 aliphatic heterocycles. The van der Waals surface area contributed by atoms with Crippen molar-refractivity contribution >= 4 is 60.7 Å². The van der Waals surface area contributed by atoms with E-state index >= 15 is 0 Å². The highest BCUT2D eigenvalue weighted by molar-refractivity contribution is 7.92. The van der Waals surface area contributed by atoms with Crippen molar-refractivity contribution in [1.29, 1.82) is 0 Å². The normalized spacial score (nSPS) is 15.8. The second-order valence-corrected chi connectivity index (χ2v) is 12.9. The molecule has 8 nitrogen and oxygen atoms in total. The smallest absolute Gasteiger partial charge is 0.264 e. The minimum Gasteiger partial charge on any atom is -0.379 e. The minimum atomic E-state index is -3.75. The minimum absolute atomic E-state index is 0. The molecule has 41 heavy (non-hydrogen) atoms. The Hall–Kier alpha value is -3.02. The number of aryl methyl sites for hydroxylation is 1. The van der Waals surface area contributed by atoms with Gasteiger partial charge in [0.15, 0.2) is 5.13 Å². The molecule has 6 rings (SSSR count). The first-order chi connectivity index (χ1) is 19.5. The fourth-order valence-corrected chi connectivity index (χ4v) is 7.87. The summed E-state index contributed by atoms with van der Waals surface area (Å²) in [7, 11) is -3.75. The number of thiazole rings is 1. The van der Waals surface area contributed by atoms with E-state index in [1.807, 2.05) is 48.5 Å². The summed E-state index contributed by atoms with van der Waals surface area (Å²) >= 11 is 1.49. The number of sulfonamides is 1. The maximum absolute atomic E-state index is 13.8. The number of carbonyl (C=O) groups is 1. The number of carbonyl (C=O) groups excluding carboxylic acids is 1. The van der Waals surface area contributed by atoms with Crippen molar-refractivity contribution in [1.82, 2.24) is 9.88 Å². The van der Waals surface area contributed by atoms with E-state index in [4.69, 9.17) is 9.72 Å². The summed E-state index contributed by atoms with van der Waals surface area (Å²) < 4.78 is 35.1. The number of hydrogen-bond acceptors (Lipinski definition) is 7. The van der Waals surface area contributed by atoms with Crippen LogP contribution in [0, 0.1) is 0 Å². The van der Waals surface area contributed by atoms with E-state index in [0.717, 1.165) is 73.6 Å². The van der Waals surface area contributed by atoms with Gasteiger partial charge in [0.25, 0.3) is 15.9 Å². The molecule has 0 atom stereocenters. The van der Waals surface area contributed by atoms with Gasteiger partial charge >= 0.3 is 0 Å². The van der Waals surface area contributed by atoms with Gasteiger partial charge in [-0.3, -0.25) is 18.9 Å². The standard InChI is InChI=1S/C30H32N4O4S2.ClH/c35-29(24-12-14-25(15-13-24)40(36,37)34-18-5-8-23-7-1-3-10-27(23)34)33(17-6-16-32-19-21-38-22-20-32)30-31-26-9-2-4-11-28(26)39-30;/h1-4,7,9-15H,5-6,8,16-22H2;1H. The molecule has 1 aromatic heterocycles. The zero-order valence-corrected chi connectivity index (χ0v) is 25.1.